The first-order valence-electron chi connectivity index (χ1n) is 7.44. The van der Waals surface area contributed by atoms with Crippen LogP contribution in [-0.2, 0) is 0 Å². The molecule has 1 N–H and O–H groups in total. The van der Waals surface area contributed by atoms with Gasteiger partial charge in [-0.3, -0.25) is 4.40 Å². The molecule has 2 aromatic heterocycles. The Morgan fingerprint density at radius 2 is 1.83 bits per heavy atom. The largest absolute Gasteiger partial charge is 0.356 e. The predicted octanol–water partition coefficient (Wildman–Crippen LogP) is 4.28. The molecule has 4 rings (SSSR count). The van der Waals surface area contributed by atoms with Crippen LogP contribution in [-0.4, -0.2) is 20.7 Å². The molecule has 0 spiro atoms. The van der Waals surface area contributed by atoms with E-state index < -0.39 is 6.30 Å². The van der Waals surface area contributed by atoms with E-state index in [1.54, 1.807) is 6.20 Å². The number of nitrogens with zero attached hydrogens (tertiary/aromatic N) is 3. The first-order chi connectivity index (χ1) is 11.2. The van der Waals surface area contributed by atoms with Gasteiger partial charge in [0.05, 0.1) is 11.0 Å². The zero-order chi connectivity index (χ0) is 15.8. The number of benzene rings is 2. The molecule has 0 saturated carbocycles. The van der Waals surface area contributed by atoms with E-state index in [0.29, 0.717) is 5.78 Å². The van der Waals surface area contributed by atoms with Gasteiger partial charge in [0.1, 0.15) is 0 Å². The smallest absolute Gasteiger partial charge is 0.234 e. The number of imidazole rings is 1. The summed E-state index contributed by atoms with van der Waals surface area (Å²) in [6.07, 6.45) is 2.76. The average Bonchev–Trinajstić information content (AvgIpc) is 2.93. The molecule has 0 fully saturated rings. The highest BCUT2D eigenvalue weighted by Gasteiger charge is 2.07. The highest BCUT2D eigenvalue weighted by molar-refractivity contribution is 5.80. The van der Waals surface area contributed by atoms with Crippen LogP contribution in [0.4, 0.5) is 10.1 Å². The van der Waals surface area contributed by atoms with Gasteiger partial charge in [0.25, 0.3) is 0 Å². The van der Waals surface area contributed by atoms with Crippen molar-refractivity contribution in [2.24, 2.45) is 0 Å². The normalized spacial score (nSPS) is 12.6. The molecule has 0 amide bonds. The van der Waals surface area contributed by atoms with E-state index in [2.05, 4.69) is 15.3 Å². The van der Waals surface area contributed by atoms with E-state index in [1.165, 1.54) is 6.92 Å². The molecule has 23 heavy (non-hydrogen) atoms. The van der Waals surface area contributed by atoms with Gasteiger partial charge >= 0.3 is 0 Å². The summed E-state index contributed by atoms with van der Waals surface area (Å²) < 4.78 is 15.0. The SMILES string of the molecule is CC(F)Nc1ccc(-c2cnc3nc4ccccc4n3c2)cc1. The number of hydrogen-bond acceptors (Lipinski definition) is 3. The summed E-state index contributed by atoms with van der Waals surface area (Å²) in [5.41, 5.74) is 4.72. The highest BCUT2D eigenvalue weighted by Crippen LogP contribution is 2.23. The number of rotatable bonds is 3. The van der Waals surface area contributed by atoms with E-state index in [9.17, 15) is 4.39 Å². The van der Waals surface area contributed by atoms with Gasteiger partial charge in [-0.25, -0.2) is 14.4 Å². The van der Waals surface area contributed by atoms with E-state index >= 15 is 0 Å². The molecule has 0 radical (unpaired) electrons. The monoisotopic (exact) mass is 306 g/mol. The van der Waals surface area contributed by atoms with Crippen molar-refractivity contribution in [1.29, 1.82) is 0 Å². The van der Waals surface area contributed by atoms with Gasteiger partial charge in [-0.15, -0.1) is 0 Å². The number of aromatic nitrogens is 3. The molecule has 0 aliphatic carbocycles. The van der Waals surface area contributed by atoms with Gasteiger partial charge in [-0.2, -0.15) is 0 Å². The molecule has 0 aliphatic heterocycles. The molecule has 0 aliphatic rings. The summed E-state index contributed by atoms with van der Waals surface area (Å²) >= 11 is 0. The fraction of sp³-hybridized carbons (Fsp3) is 0.111. The Bertz CT molecular complexity index is 973. The van der Waals surface area contributed by atoms with Crippen LogP contribution in [0.1, 0.15) is 6.92 Å². The number of halogens is 1. The van der Waals surface area contributed by atoms with Gasteiger partial charge in [-0.05, 0) is 36.8 Å². The zero-order valence-corrected chi connectivity index (χ0v) is 12.6. The Morgan fingerprint density at radius 1 is 1.04 bits per heavy atom. The van der Waals surface area contributed by atoms with Crippen LogP contribution in [0.3, 0.4) is 0 Å². The van der Waals surface area contributed by atoms with Gasteiger partial charge in [-0.1, -0.05) is 24.3 Å². The third-order valence-electron chi connectivity index (χ3n) is 3.75. The molecule has 2 heterocycles. The molecule has 4 nitrogen and oxygen atoms in total. The lowest BCUT2D eigenvalue weighted by molar-refractivity contribution is 0.402. The maximum atomic E-state index is 13.0. The Hall–Kier alpha value is -2.95. The minimum Gasteiger partial charge on any atom is -0.356 e. The lowest BCUT2D eigenvalue weighted by atomic mass is 10.1. The number of hydrogen-bond donors (Lipinski definition) is 1. The number of fused-ring (bicyclic) bond motifs is 3. The summed E-state index contributed by atoms with van der Waals surface area (Å²) in [7, 11) is 0. The van der Waals surface area contributed by atoms with Crippen molar-refractivity contribution < 1.29 is 4.39 Å². The molecule has 5 heteroatoms. The van der Waals surface area contributed by atoms with Crippen LogP contribution < -0.4 is 5.32 Å². The second-order valence-electron chi connectivity index (χ2n) is 5.45. The van der Waals surface area contributed by atoms with E-state index in [0.717, 1.165) is 27.8 Å². The molecule has 1 atom stereocenters. The highest BCUT2D eigenvalue weighted by atomic mass is 19.1. The van der Waals surface area contributed by atoms with Gasteiger partial charge < -0.3 is 5.32 Å². The number of alkyl halides is 1. The van der Waals surface area contributed by atoms with Crippen LogP contribution >= 0.6 is 0 Å². The van der Waals surface area contributed by atoms with Gasteiger partial charge in [0.15, 0.2) is 6.30 Å². The fourth-order valence-electron chi connectivity index (χ4n) is 2.69. The van der Waals surface area contributed by atoms with E-state index in [-0.39, 0.29) is 0 Å². The van der Waals surface area contributed by atoms with Crippen LogP contribution in [0.5, 0.6) is 0 Å². The van der Waals surface area contributed by atoms with Gasteiger partial charge in [0.2, 0.25) is 5.78 Å². The molecule has 0 saturated heterocycles. The second-order valence-corrected chi connectivity index (χ2v) is 5.45. The van der Waals surface area contributed by atoms with Crippen LogP contribution in [0.15, 0.2) is 60.9 Å². The molecule has 1 unspecified atom stereocenters. The average molecular weight is 306 g/mol. The van der Waals surface area contributed by atoms with Crippen molar-refractivity contribution >= 4 is 22.5 Å². The zero-order valence-electron chi connectivity index (χ0n) is 12.6. The van der Waals surface area contributed by atoms with Crippen molar-refractivity contribution in [3.63, 3.8) is 0 Å². The molecular formula is C18H15FN4. The van der Waals surface area contributed by atoms with Crippen molar-refractivity contribution in [2.75, 3.05) is 5.32 Å². The Labute approximate surface area is 132 Å². The molecule has 114 valence electrons. The molecule has 0 bridgehead atoms. The maximum Gasteiger partial charge on any atom is 0.234 e. The molecule has 2 aromatic carbocycles. The molecule has 4 aromatic rings. The van der Waals surface area contributed by atoms with Crippen LogP contribution in [0.2, 0.25) is 0 Å². The van der Waals surface area contributed by atoms with Crippen LogP contribution in [0, 0.1) is 0 Å². The van der Waals surface area contributed by atoms with Crippen molar-refractivity contribution in [2.45, 2.75) is 13.2 Å². The standard InChI is InChI=1S/C18H15FN4/c1-12(19)21-15-8-6-13(7-9-15)14-10-20-18-22-16-4-2-3-5-17(16)23(18)11-14/h2-12,21H,1H3. The third kappa shape index (κ3) is 2.50. The summed E-state index contributed by atoms with van der Waals surface area (Å²) in [6, 6.07) is 15.6. The summed E-state index contributed by atoms with van der Waals surface area (Å²) in [5, 5.41) is 2.74. The van der Waals surface area contributed by atoms with E-state index in [4.69, 9.17) is 0 Å². The Morgan fingerprint density at radius 3 is 2.61 bits per heavy atom. The minimum absolute atomic E-state index is 0.680. The van der Waals surface area contributed by atoms with Crippen molar-refractivity contribution in [1.82, 2.24) is 14.4 Å². The number of anilines is 1. The third-order valence-corrected chi connectivity index (χ3v) is 3.75. The Kier molecular flexibility index (Phi) is 3.19. The summed E-state index contributed by atoms with van der Waals surface area (Å²) in [5.74, 6) is 0.680. The second kappa shape index (κ2) is 5.35. The summed E-state index contributed by atoms with van der Waals surface area (Å²) in [4.78, 5) is 8.94. The fourth-order valence-corrected chi connectivity index (χ4v) is 2.69. The van der Waals surface area contributed by atoms with Crippen molar-refractivity contribution in [3.8, 4) is 11.1 Å². The van der Waals surface area contributed by atoms with Crippen LogP contribution in [0.25, 0.3) is 27.9 Å². The predicted molar refractivity (Wildman–Crippen MR) is 90.1 cm³/mol. The maximum absolute atomic E-state index is 13.0. The van der Waals surface area contributed by atoms with Crippen molar-refractivity contribution in [3.05, 3.63) is 60.9 Å². The quantitative estimate of drug-likeness (QED) is 0.575. The topological polar surface area (TPSA) is 42.2 Å². The van der Waals surface area contributed by atoms with E-state index in [1.807, 2.05) is 59.1 Å². The minimum atomic E-state index is -1.07. The molecular weight excluding hydrogens is 291 g/mol. The van der Waals surface area contributed by atoms with Gasteiger partial charge in [0, 0.05) is 23.6 Å². The number of nitrogens with one attached hydrogen (secondary N) is 1. The summed E-state index contributed by atoms with van der Waals surface area (Å²) in [6.45, 7) is 1.47. The lowest BCUT2D eigenvalue weighted by Crippen LogP contribution is -2.07. The first-order valence-corrected chi connectivity index (χ1v) is 7.44. The first kappa shape index (κ1) is 13.7. The number of para-hydroxylation sites is 2. The lowest BCUT2D eigenvalue weighted by Gasteiger charge is -2.08. The Balaban J connectivity index is 1.77.